The van der Waals surface area contributed by atoms with E-state index in [1.54, 1.807) is 6.92 Å². The molecule has 0 unspecified atom stereocenters. The van der Waals surface area contributed by atoms with E-state index in [-0.39, 0.29) is 4.90 Å². The van der Waals surface area contributed by atoms with Crippen LogP contribution >= 0.6 is 27.5 Å². The van der Waals surface area contributed by atoms with Gasteiger partial charge in [-0.05, 0) is 48.0 Å². The first kappa shape index (κ1) is 14.4. The minimum absolute atomic E-state index is 0.115. The summed E-state index contributed by atoms with van der Waals surface area (Å²) in [6.45, 7) is 3.60. The van der Waals surface area contributed by atoms with E-state index in [0.717, 1.165) is 11.3 Å². The first-order valence-corrected chi connectivity index (χ1v) is 7.96. The van der Waals surface area contributed by atoms with Crippen molar-refractivity contribution in [2.75, 3.05) is 4.72 Å². The Hall–Kier alpha value is -1.05. The van der Waals surface area contributed by atoms with Gasteiger partial charge in [-0.25, -0.2) is 8.42 Å². The predicted octanol–water partition coefficient (Wildman–Crippen LogP) is 3.24. The third-order valence-electron chi connectivity index (χ3n) is 2.69. The zero-order valence-electron chi connectivity index (χ0n) is 10.2. The van der Waals surface area contributed by atoms with Gasteiger partial charge in [0.2, 0.25) is 0 Å². The third-order valence-corrected chi connectivity index (χ3v) is 5.24. The van der Waals surface area contributed by atoms with Crippen LogP contribution in [0.3, 0.4) is 0 Å². The molecule has 8 heteroatoms. The van der Waals surface area contributed by atoms with Crippen molar-refractivity contribution in [3.63, 3.8) is 0 Å². The number of aryl methyl sites for hydroxylation is 1. The van der Waals surface area contributed by atoms with Crippen molar-refractivity contribution in [1.29, 1.82) is 0 Å². The molecule has 0 aliphatic rings. The highest BCUT2D eigenvalue weighted by molar-refractivity contribution is 9.10. The molecule has 0 amide bonds. The molecule has 0 saturated heterocycles. The highest BCUT2D eigenvalue weighted by atomic mass is 79.9. The zero-order chi connectivity index (χ0) is 14.2. The van der Waals surface area contributed by atoms with Crippen molar-refractivity contribution < 1.29 is 8.42 Å². The molecular formula is C11H11BrClN3O2S. The van der Waals surface area contributed by atoms with Gasteiger partial charge in [-0.3, -0.25) is 9.82 Å². The lowest BCUT2D eigenvalue weighted by Gasteiger charge is -2.07. The smallest absolute Gasteiger partial charge is 0.263 e. The summed E-state index contributed by atoms with van der Waals surface area (Å²) in [6.07, 6.45) is 0. The lowest BCUT2D eigenvalue weighted by atomic mass is 10.3. The van der Waals surface area contributed by atoms with Gasteiger partial charge in [0.05, 0.1) is 9.92 Å². The largest absolute Gasteiger partial charge is 0.280 e. The molecule has 0 saturated carbocycles. The Morgan fingerprint density at radius 1 is 1.37 bits per heavy atom. The lowest BCUT2D eigenvalue weighted by Crippen LogP contribution is -2.14. The van der Waals surface area contributed by atoms with Gasteiger partial charge >= 0.3 is 0 Å². The Labute approximate surface area is 124 Å². The van der Waals surface area contributed by atoms with E-state index in [4.69, 9.17) is 11.6 Å². The van der Waals surface area contributed by atoms with E-state index >= 15 is 0 Å². The number of hydrogen-bond acceptors (Lipinski definition) is 3. The fourth-order valence-electron chi connectivity index (χ4n) is 1.41. The van der Waals surface area contributed by atoms with Crippen LogP contribution in [0.1, 0.15) is 11.3 Å². The van der Waals surface area contributed by atoms with Gasteiger partial charge in [0.1, 0.15) is 0 Å². The number of rotatable bonds is 3. The zero-order valence-corrected chi connectivity index (χ0v) is 13.3. The molecule has 19 heavy (non-hydrogen) atoms. The molecule has 1 aromatic heterocycles. The molecule has 0 aliphatic carbocycles. The van der Waals surface area contributed by atoms with E-state index in [1.807, 2.05) is 6.92 Å². The molecular weight excluding hydrogens is 354 g/mol. The minimum Gasteiger partial charge on any atom is -0.280 e. The van der Waals surface area contributed by atoms with Crippen LogP contribution < -0.4 is 4.72 Å². The summed E-state index contributed by atoms with van der Waals surface area (Å²) in [6, 6.07) is 4.40. The lowest BCUT2D eigenvalue weighted by molar-refractivity contribution is 0.601. The van der Waals surface area contributed by atoms with Crippen LogP contribution in [0.15, 0.2) is 27.6 Å². The molecule has 0 fully saturated rings. The monoisotopic (exact) mass is 363 g/mol. The fourth-order valence-corrected chi connectivity index (χ4v) is 3.15. The molecule has 0 bridgehead atoms. The molecule has 5 nitrogen and oxygen atoms in total. The van der Waals surface area contributed by atoms with Crippen molar-refractivity contribution in [1.82, 2.24) is 10.2 Å². The van der Waals surface area contributed by atoms with E-state index in [0.29, 0.717) is 15.3 Å². The summed E-state index contributed by atoms with van der Waals surface area (Å²) >= 11 is 9.04. The molecule has 2 rings (SSSR count). The molecule has 1 heterocycles. The second-order valence-corrected chi connectivity index (χ2v) is 6.95. The van der Waals surface area contributed by atoms with E-state index < -0.39 is 10.0 Å². The average molecular weight is 365 g/mol. The average Bonchev–Trinajstić information content (AvgIpc) is 2.64. The van der Waals surface area contributed by atoms with Crippen LogP contribution in [0.2, 0.25) is 5.02 Å². The normalized spacial score (nSPS) is 11.6. The SMILES string of the molecule is Cc1[nH]nc(NS(=O)(=O)c2ccc(Cl)c(Br)c2)c1C. The first-order valence-electron chi connectivity index (χ1n) is 5.30. The van der Waals surface area contributed by atoms with Gasteiger partial charge in [0.15, 0.2) is 5.82 Å². The maximum atomic E-state index is 12.2. The summed E-state index contributed by atoms with van der Waals surface area (Å²) < 4.78 is 27.4. The van der Waals surface area contributed by atoms with Gasteiger partial charge in [0.25, 0.3) is 10.0 Å². The van der Waals surface area contributed by atoms with E-state index in [9.17, 15) is 8.42 Å². The highest BCUT2D eigenvalue weighted by Crippen LogP contribution is 2.26. The van der Waals surface area contributed by atoms with Crippen LogP contribution in [0.25, 0.3) is 0 Å². The molecule has 0 aliphatic heterocycles. The Balaban J connectivity index is 2.37. The third kappa shape index (κ3) is 2.93. The fraction of sp³-hybridized carbons (Fsp3) is 0.182. The van der Waals surface area contributed by atoms with E-state index in [1.165, 1.54) is 18.2 Å². The molecule has 0 radical (unpaired) electrons. The number of aromatic amines is 1. The van der Waals surface area contributed by atoms with Crippen molar-refractivity contribution in [2.45, 2.75) is 18.7 Å². The maximum Gasteiger partial charge on any atom is 0.263 e. The Bertz CT molecular complexity index is 728. The number of halogens is 2. The summed E-state index contributed by atoms with van der Waals surface area (Å²) in [7, 11) is -3.68. The van der Waals surface area contributed by atoms with Crippen LogP contribution in [0.5, 0.6) is 0 Å². The minimum atomic E-state index is -3.68. The predicted molar refractivity (Wildman–Crippen MR) is 78.0 cm³/mol. The second-order valence-electron chi connectivity index (χ2n) is 4.00. The second kappa shape index (κ2) is 5.15. The maximum absolute atomic E-state index is 12.2. The topological polar surface area (TPSA) is 74.8 Å². The number of nitrogens with zero attached hydrogens (tertiary/aromatic N) is 1. The molecule has 102 valence electrons. The molecule has 0 atom stereocenters. The van der Waals surface area contributed by atoms with Crippen molar-refractivity contribution in [2.24, 2.45) is 0 Å². The number of anilines is 1. The number of hydrogen-bond donors (Lipinski definition) is 2. The number of benzene rings is 1. The van der Waals surface area contributed by atoms with Crippen LogP contribution in [-0.2, 0) is 10.0 Å². The number of nitrogens with one attached hydrogen (secondary N) is 2. The summed E-state index contributed by atoms with van der Waals surface area (Å²) in [4.78, 5) is 0.115. The van der Waals surface area contributed by atoms with Gasteiger partial charge in [-0.1, -0.05) is 11.6 Å². The number of aromatic nitrogens is 2. The van der Waals surface area contributed by atoms with Crippen molar-refractivity contribution in [3.8, 4) is 0 Å². The summed E-state index contributed by atoms with van der Waals surface area (Å²) in [5.41, 5.74) is 1.58. The van der Waals surface area contributed by atoms with Crippen LogP contribution in [0, 0.1) is 13.8 Å². The molecule has 2 N–H and O–H groups in total. The first-order chi connectivity index (χ1) is 8.81. The standard InChI is InChI=1S/C11H11BrClN3O2S/c1-6-7(2)14-15-11(6)16-19(17,18)8-3-4-10(13)9(12)5-8/h3-5H,1-2H3,(H2,14,15,16). The van der Waals surface area contributed by atoms with Gasteiger partial charge in [0, 0.05) is 15.7 Å². The van der Waals surface area contributed by atoms with Crippen molar-refractivity contribution >= 4 is 43.4 Å². The van der Waals surface area contributed by atoms with Crippen molar-refractivity contribution in [3.05, 3.63) is 39.0 Å². The Morgan fingerprint density at radius 2 is 2.05 bits per heavy atom. The van der Waals surface area contributed by atoms with Crippen LogP contribution in [0.4, 0.5) is 5.82 Å². The Kier molecular flexibility index (Phi) is 3.89. The number of H-pyrrole nitrogens is 1. The quantitative estimate of drug-likeness (QED) is 0.878. The Morgan fingerprint density at radius 3 is 2.58 bits per heavy atom. The van der Waals surface area contributed by atoms with E-state index in [2.05, 4.69) is 30.8 Å². The summed E-state index contributed by atoms with van der Waals surface area (Å²) in [5.74, 6) is 0.295. The molecule has 1 aromatic carbocycles. The van der Waals surface area contributed by atoms with Gasteiger partial charge in [-0.2, -0.15) is 5.10 Å². The number of sulfonamides is 1. The van der Waals surface area contributed by atoms with Gasteiger partial charge in [-0.15, -0.1) is 0 Å². The molecule has 0 spiro atoms. The van der Waals surface area contributed by atoms with Gasteiger partial charge < -0.3 is 0 Å². The summed E-state index contributed by atoms with van der Waals surface area (Å²) in [5, 5.41) is 7.09. The highest BCUT2D eigenvalue weighted by Gasteiger charge is 2.18. The van der Waals surface area contributed by atoms with Crippen LogP contribution in [-0.4, -0.2) is 18.6 Å². The molecule has 2 aromatic rings.